The van der Waals surface area contributed by atoms with Crippen molar-refractivity contribution in [3.8, 4) is 22.2 Å². The van der Waals surface area contributed by atoms with Gasteiger partial charge in [-0.2, -0.15) is 22.0 Å². The summed E-state index contributed by atoms with van der Waals surface area (Å²) in [6.45, 7) is 3.64. The Morgan fingerprint density at radius 2 is 1.82 bits per heavy atom. The largest absolute Gasteiger partial charge is 0.492 e. The summed E-state index contributed by atoms with van der Waals surface area (Å²) in [7, 11) is 0. The fourth-order valence-electron chi connectivity index (χ4n) is 3.61. The second-order valence-corrected chi connectivity index (χ2v) is 10.4. The minimum absolute atomic E-state index is 0.00740. The van der Waals surface area contributed by atoms with Crippen molar-refractivity contribution >= 4 is 38.7 Å². The molecule has 0 aliphatic heterocycles. The van der Waals surface area contributed by atoms with E-state index in [1.165, 1.54) is 6.07 Å². The van der Waals surface area contributed by atoms with Crippen molar-refractivity contribution in [3.05, 3.63) is 41.6 Å². The minimum atomic E-state index is -4.73. The third-order valence-corrected chi connectivity index (χ3v) is 6.06. The summed E-state index contributed by atoms with van der Waals surface area (Å²) >= 11 is 0.984. The highest BCUT2D eigenvalue weighted by Gasteiger charge is 2.35. The Morgan fingerprint density at radius 3 is 2.49 bits per heavy atom. The van der Waals surface area contributed by atoms with Gasteiger partial charge in [0.15, 0.2) is 0 Å². The van der Waals surface area contributed by atoms with Crippen LogP contribution >= 0.6 is 11.3 Å². The van der Waals surface area contributed by atoms with Gasteiger partial charge in [-0.15, -0.1) is 11.3 Å². The highest BCUT2D eigenvalue weighted by molar-refractivity contribution is 7.21. The molecule has 2 heterocycles. The average molecular weight is 571 g/mol. The number of amides is 1. The van der Waals surface area contributed by atoms with Crippen molar-refractivity contribution in [1.82, 2.24) is 20.3 Å². The van der Waals surface area contributed by atoms with Crippen molar-refractivity contribution in [2.45, 2.75) is 46.1 Å². The lowest BCUT2D eigenvalue weighted by Crippen LogP contribution is -2.34. The predicted molar refractivity (Wildman–Crippen MR) is 134 cm³/mol. The molecule has 0 atom stereocenters. The third kappa shape index (κ3) is 6.99. The Hall–Kier alpha value is -3.81. The van der Waals surface area contributed by atoms with Crippen molar-refractivity contribution in [2.75, 3.05) is 13.2 Å². The van der Waals surface area contributed by atoms with E-state index in [2.05, 4.69) is 25.0 Å². The van der Waals surface area contributed by atoms with Gasteiger partial charge in [-0.3, -0.25) is 0 Å². The Kier molecular flexibility index (Phi) is 7.77. The standard InChI is InChI=1S/C25H23F5N4O4S/c1-12-7-14(19-16(8-12)33-18(11-32-19)37-22(26)27)21-34-20-15(25(28,29)30)9-13(10-17(20)39-21)36-6-5-31-23(35)38-24(2,3)4/h7-11,22H,5-6H2,1-4H3,(H,31,35). The summed E-state index contributed by atoms with van der Waals surface area (Å²) in [6, 6.07) is 5.55. The molecule has 208 valence electrons. The van der Waals surface area contributed by atoms with Gasteiger partial charge in [0.1, 0.15) is 23.0 Å². The van der Waals surface area contributed by atoms with E-state index in [1.54, 1.807) is 39.8 Å². The molecule has 0 aliphatic carbocycles. The van der Waals surface area contributed by atoms with Gasteiger partial charge in [-0.25, -0.2) is 19.7 Å². The molecule has 0 saturated carbocycles. The van der Waals surface area contributed by atoms with Crippen LogP contribution in [0.15, 0.2) is 30.5 Å². The van der Waals surface area contributed by atoms with E-state index in [-0.39, 0.29) is 51.0 Å². The molecule has 0 spiro atoms. The molecule has 4 aromatic rings. The van der Waals surface area contributed by atoms with Crippen LogP contribution in [0.4, 0.5) is 26.7 Å². The number of thiazole rings is 1. The first-order valence-electron chi connectivity index (χ1n) is 11.5. The Bertz CT molecular complexity index is 1520. The highest BCUT2D eigenvalue weighted by Crippen LogP contribution is 2.42. The molecule has 1 N–H and O–H groups in total. The molecule has 0 radical (unpaired) electrons. The van der Waals surface area contributed by atoms with Crippen molar-refractivity contribution < 1.29 is 41.0 Å². The molecule has 1 amide bonds. The molecule has 2 aromatic heterocycles. The van der Waals surface area contributed by atoms with E-state index < -0.39 is 30.0 Å². The summed E-state index contributed by atoms with van der Waals surface area (Å²) in [4.78, 5) is 24.2. The first-order valence-corrected chi connectivity index (χ1v) is 12.4. The first kappa shape index (κ1) is 28.2. The van der Waals surface area contributed by atoms with E-state index in [0.29, 0.717) is 11.1 Å². The number of ether oxygens (including phenoxy) is 3. The highest BCUT2D eigenvalue weighted by atomic mass is 32.1. The molecule has 14 heteroatoms. The minimum Gasteiger partial charge on any atom is -0.492 e. The van der Waals surface area contributed by atoms with Gasteiger partial charge in [0.25, 0.3) is 0 Å². The van der Waals surface area contributed by atoms with Crippen molar-refractivity contribution in [3.63, 3.8) is 0 Å². The maximum absolute atomic E-state index is 14.0. The fourth-order valence-corrected chi connectivity index (χ4v) is 4.65. The summed E-state index contributed by atoms with van der Waals surface area (Å²) in [5.74, 6) is -0.445. The van der Waals surface area contributed by atoms with E-state index in [1.807, 2.05) is 0 Å². The van der Waals surface area contributed by atoms with Gasteiger partial charge in [0.2, 0.25) is 5.88 Å². The molecule has 0 unspecified atom stereocenters. The van der Waals surface area contributed by atoms with E-state index in [4.69, 9.17) is 9.47 Å². The van der Waals surface area contributed by atoms with E-state index in [9.17, 15) is 26.7 Å². The van der Waals surface area contributed by atoms with Crippen LogP contribution in [0.5, 0.6) is 11.6 Å². The zero-order valence-corrected chi connectivity index (χ0v) is 22.0. The lowest BCUT2D eigenvalue weighted by atomic mass is 10.1. The van der Waals surface area contributed by atoms with Crippen molar-refractivity contribution in [2.24, 2.45) is 0 Å². The normalized spacial score (nSPS) is 12.3. The number of carbonyl (C=O) groups excluding carboxylic acids is 1. The summed E-state index contributed by atoms with van der Waals surface area (Å²) in [5, 5.41) is 2.70. The maximum atomic E-state index is 14.0. The smallest absolute Gasteiger partial charge is 0.418 e. The third-order valence-electron chi connectivity index (χ3n) is 5.02. The van der Waals surface area contributed by atoms with Gasteiger partial charge in [-0.1, -0.05) is 0 Å². The lowest BCUT2D eigenvalue weighted by Gasteiger charge is -2.19. The molecule has 2 aromatic carbocycles. The number of nitrogens with one attached hydrogen (secondary N) is 1. The van der Waals surface area contributed by atoms with Gasteiger partial charge >= 0.3 is 18.9 Å². The average Bonchev–Trinajstić information content (AvgIpc) is 3.22. The number of aryl methyl sites for hydroxylation is 1. The summed E-state index contributed by atoms with van der Waals surface area (Å²) in [5.41, 5.74) is -0.426. The molecule has 0 fully saturated rings. The van der Waals surface area contributed by atoms with Crippen LogP contribution in [0.2, 0.25) is 0 Å². The maximum Gasteiger partial charge on any atom is 0.418 e. The van der Waals surface area contributed by atoms with Gasteiger partial charge in [0.05, 0.1) is 39.6 Å². The number of nitrogens with zero attached hydrogens (tertiary/aromatic N) is 3. The number of benzene rings is 2. The van der Waals surface area contributed by atoms with Crippen LogP contribution in [-0.4, -0.2) is 46.4 Å². The predicted octanol–water partition coefficient (Wildman–Crippen LogP) is 6.74. The van der Waals surface area contributed by atoms with Gasteiger partial charge in [-0.05, 0) is 57.5 Å². The number of halogens is 5. The number of alkyl carbamates (subject to hydrolysis) is 1. The zero-order valence-electron chi connectivity index (χ0n) is 21.2. The van der Waals surface area contributed by atoms with Crippen LogP contribution in [0, 0.1) is 6.92 Å². The summed E-state index contributed by atoms with van der Waals surface area (Å²) in [6.07, 6.45) is -4.39. The van der Waals surface area contributed by atoms with E-state index >= 15 is 0 Å². The fraction of sp³-hybridized carbons (Fsp3) is 0.360. The number of aromatic nitrogens is 3. The first-order chi connectivity index (χ1) is 18.2. The molecular formula is C25H23F5N4O4S. The van der Waals surface area contributed by atoms with Crippen LogP contribution in [0.3, 0.4) is 0 Å². The number of rotatable bonds is 7. The van der Waals surface area contributed by atoms with Gasteiger partial charge < -0.3 is 19.5 Å². The number of fused-ring (bicyclic) bond motifs is 2. The van der Waals surface area contributed by atoms with Gasteiger partial charge in [0, 0.05) is 5.56 Å². The monoisotopic (exact) mass is 570 g/mol. The Labute approximate surface area is 223 Å². The van der Waals surface area contributed by atoms with E-state index in [0.717, 1.165) is 23.6 Å². The van der Waals surface area contributed by atoms with Crippen molar-refractivity contribution in [1.29, 1.82) is 0 Å². The molecule has 8 nitrogen and oxygen atoms in total. The number of hydrogen-bond donors (Lipinski definition) is 1. The van der Waals surface area contributed by atoms with Crippen LogP contribution < -0.4 is 14.8 Å². The second-order valence-electron chi connectivity index (χ2n) is 9.38. The Morgan fingerprint density at radius 1 is 1.08 bits per heavy atom. The number of carbonyl (C=O) groups is 1. The molecular weight excluding hydrogens is 547 g/mol. The quantitative estimate of drug-likeness (QED) is 0.194. The van der Waals surface area contributed by atoms with Crippen LogP contribution in [0.1, 0.15) is 31.9 Å². The van der Waals surface area contributed by atoms with Crippen LogP contribution in [0.25, 0.3) is 31.8 Å². The second kappa shape index (κ2) is 10.8. The molecule has 4 rings (SSSR count). The van der Waals surface area contributed by atoms with Crippen LogP contribution in [-0.2, 0) is 10.9 Å². The molecule has 0 aliphatic rings. The molecule has 0 bridgehead atoms. The molecule has 0 saturated heterocycles. The Balaban J connectivity index is 1.66. The topological polar surface area (TPSA) is 95.5 Å². The SMILES string of the molecule is Cc1cc(-c2nc3c(C(F)(F)F)cc(OCCNC(=O)OC(C)(C)C)cc3s2)c2ncc(OC(F)F)nc2c1. The lowest BCUT2D eigenvalue weighted by molar-refractivity contribution is -0.136. The number of hydrogen-bond acceptors (Lipinski definition) is 8. The summed E-state index contributed by atoms with van der Waals surface area (Å²) < 4.78 is 82.2. The molecule has 39 heavy (non-hydrogen) atoms. The zero-order chi connectivity index (χ0) is 28.5. The number of alkyl halides is 5.